The van der Waals surface area contributed by atoms with E-state index in [4.69, 9.17) is 0 Å². The number of aromatic amines is 1. The van der Waals surface area contributed by atoms with Gasteiger partial charge in [0.05, 0.1) is 0 Å². The number of nitrogens with one attached hydrogen (secondary N) is 1. The molecule has 0 unspecified atom stereocenters. The van der Waals surface area contributed by atoms with Crippen LogP contribution in [0.5, 0.6) is 0 Å². The van der Waals surface area contributed by atoms with Crippen LogP contribution in [0.2, 0.25) is 0 Å². The molecule has 2 fully saturated rings. The van der Waals surface area contributed by atoms with Crippen molar-refractivity contribution in [3.05, 3.63) is 52.3 Å². The Morgan fingerprint density at radius 2 is 1.88 bits per heavy atom. The van der Waals surface area contributed by atoms with E-state index in [0.717, 1.165) is 70.4 Å². The van der Waals surface area contributed by atoms with Gasteiger partial charge >= 0.3 is 0 Å². The molecule has 1 aliphatic heterocycles. The number of hydrogen-bond acceptors (Lipinski definition) is 3. The van der Waals surface area contributed by atoms with Crippen LogP contribution in [0.25, 0.3) is 0 Å². The first-order valence-electron chi connectivity index (χ1n) is 12.8. The first kappa shape index (κ1) is 21.7. The fraction of sp³-hybridized carbons (Fsp3) is 0.630. The van der Waals surface area contributed by atoms with Crippen LogP contribution in [0, 0.1) is 12.8 Å². The Hall–Kier alpha value is -2.14. The SMILES string of the molecule is Cc1ccccc1CCN1CCC(CN(C(=O)c2n[nH]c3c2CCC3)C2CCCC2)CC1. The highest BCUT2D eigenvalue weighted by Gasteiger charge is 2.34. The summed E-state index contributed by atoms with van der Waals surface area (Å²) in [5, 5.41) is 7.62. The Kier molecular flexibility index (Phi) is 6.63. The maximum absolute atomic E-state index is 13.6. The molecule has 1 saturated carbocycles. The maximum Gasteiger partial charge on any atom is 0.274 e. The fourth-order valence-corrected chi connectivity index (χ4v) is 6.09. The molecule has 5 rings (SSSR count). The number of likely N-dealkylation sites (tertiary alicyclic amines) is 1. The normalized spacial score (nSPS) is 20.0. The molecule has 0 radical (unpaired) electrons. The second-order valence-corrected chi connectivity index (χ2v) is 10.2. The van der Waals surface area contributed by atoms with Crippen molar-refractivity contribution in [2.24, 2.45) is 5.92 Å². The molecule has 2 heterocycles. The van der Waals surface area contributed by atoms with Gasteiger partial charge in [-0.15, -0.1) is 0 Å². The van der Waals surface area contributed by atoms with Crippen molar-refractivity contribution >= 4 is 5.91 Å². The van der Waals surface area contributed by atoms with Gasteiger partial charge in [0.1, 0.15) is 0 Å². The van der Waals surface area contributed by atoms with E-state index in [1.807, 2.05) is 0 Å². The molecule has 0 atom stereocenters. The number of benzene rings is 1. The Labute approximate surface area is 192 Å². The Bertz CT molecular complexity index is 921. The molecule has 2 aromatic rings. The van der Waals surface area contributed by atoms with E-state index >= 15 is 0 Å². The zero-order valence-corrected chi connectivity index (χ0v) is 19.6. The van der Waals surface area contributed by atoms with Gasteiger partial charge in [-0.1, -0.05) is 37.1 Å². The lowest BCUT2D eigenvalue weighted by atomic mass is 9.94. The second-order valence-electron chi connectivity index (χ2n) is 10.2. The van der Waals surface area contributed by atoms with Crippen molar-refractivity contribution in [3.63, 3.8) is 0 Å². The lowest BCUT2D eigenvalue weighted by Gasteiger charge is -2.37. The summed E-state index contributed by atoms with van der Waals surface area (Å²) >= 11 is 0. The van der Waals surface area contributed by atoms with Crippen molar-refractivity contribution in [3.8, 4) is 0 Å². The van der Waals surface area contributed by atoms with E-state index in [1.165, 1.54) is 48.1 Å². The van der Waals surface area contributed by atoms with Gasteiger partial charge in [-0.05, 0) is 88.4 Å². The number of aromatic nitrogens is 2. The third-order valence-corrected chi connectivity index (χ3v) is 8.16. The van der Waals surface area contributed by atoms with Crippen LogP contribution < -0.4 is 0 Å². The molecule has 1 amide bonds. The maximum atomic E-state index is 13.6. The molecule has 1 aromatic heterocycles. The van der Waals surface area contributed by atoms with Crippen LogP contribution in [-0.2, 0) is 19.3 Å². The Morgan fingerprint density at radius 3 is 2.66 bits per heavy atom. The van der Waals surface area contributed by atoms with Crippen molar-refractivity contribution in [2.45, 2.75) is 77.2 Å². The molecule has 1 aromatic carbocycles. The van der Waals surface area contributed by atoms with Crippen molar-refractivity contribution in [2.75, 3.05) is 26.2 Å². The number of amides is 1. The first-order valence-corrected chi connectivity index (χ1v) is 12.8. The molecule has 2 aliphatic carbocycles. The zero-order valence-electron chi connectivity index (χ0n) is 19.6. The fourth-order valence-electron chi connectivity index (χ4n) is 6.09. The molecule has 0 bridgehead atoms. The lowest BCUT2D eigenvalue weighted by molar-refractivity contribution is 0.0592. The second kappa shape index (κ2) is 9.78. The van der Waals surface area contributed by atoms with Crippen LogP contribution >= 0.6 is 0 Å². The molecular formula is C27H38N4O. The minimum Gasteiger partial charge on any atom is -0.334 e. The lowest BCUT2D eigenvalue weighted by Crippen LogP contribution is -2.45. The van der Waals surface area contributed by atoms with Gasteiger partial charge in [0.15, 0.2) is 5.69 Å². The summed E-state index contributed by atoms with van der Waals surface area (Å²) in [6, 6.07) is 9.16. The quantitative estimate of drug-likeness (QED) is 0.696. The van der Waals surface area contributed by atoms with E-state index in [9.17, 15) is 4.79 Å². The topological polar surface area (TPSA) is 52.2 Å². The van der Waals surface area contributed by atoms with Gasteiger partial charge in [-0.3, -0.25) is 9.89 Å². The molecule has 172 valence electrons. The number of piperidine rings is 1. The van der Waals surface area contributed by atoms with Crippen molar-refractivity contribution < 1.29 is 4.79 Å². The van der Waals surface area contributed by atoms with Gasteiger partial charge in [-0.25, -0.2) is 0 Å². The largest absolute Gasteiger partial charge is 0.334 e. The van der Waals surface area contributed by atoms with E-state index in [1.54, 1.807) is 0 Å². The summed E-state index contributed by atoms with van der Waals surface area (Å²) in [5.41, 5.74) is 5.99. The number of aryl methyl sites for hydroxylation is 2. The van der Waals surface area contributed by atoms with Gasteiger partial charge in [0.2, 0.25) is 0 Å². The molecule has 1 saturated heterocycles. The van der Waals surface area contributed by atoms with E-state index in [0.29, 0.717) is 12.0 Å². The van der Waals surface area contributed by atoms with Crippen LogP contribution in [0.4, 0.5) is 0 Å². The summed E-state index contributed by atoms with van der Waals surface area (Å²) in [5.74, 6) is 0.805. The highest BCUT2D eigenvalue weighted by molar-refractivity contribution is 5.94. The first-order chi connectivity index (χ1) is 15.7. The molecule has 0 spiro atoms. The van der Waals surface area contributed by atoms with Crippen LogP contribution in [0.3, 0.4) is 0 Å². The van der Waals surface area contributed by atoms with Gasteiger partial charge < -0.3 is 9.80 Å². The van der Waals surface area contributed by atoms with Crippen LogP contribution in [0.15, 0.2) is 24.3 Å². The molecule has 32 heavy (non-hydrogen) atoms. The zero-order chi connectivity index (χ0) is 21.9. The minimum absolute atomic E-state index is 0.193. The third kappa shape index (κ3) is 4.63. The highest BCUT2D eigenvalue weighted by atomic mass is 16.2. The molecule has 5 heteroatoms. The number of carbonyl (C=O) groups is 1. The number of carbonyl (C=O) groups excluding carboxylic acids is 1. The smallest absolute Gasteiger partial charge is 0.274 e. The highest BCUT2D eigenvalue weighted by Crippen LogP contribution is 2.30. The van der Waals surface area contributed by atoms with Gasteiger partial charge in [0, 0.05) is 30.4 Å². The summed E-state index contributed by atoms with van der Waals surface area (Å²) in [7, 11) is 0. The predicted octanol–water partition coefficient (Wildman–Crippen LogP) is 4.55. The average molecular weight is 435 g/mol. The standard InChI is InChI=1S/C27H38N4O/c1-20-7-2-3-8-22(20)15-18-30-16-13-21(14-17-30)19-31(23-9-4-5-10-23)27(32)26-24-11-6-12-25(24)28-29-26/h2-3,7-8,21,23H,4-6,9-19H2,1H3,(H,28,29). The molecule has 1 N–H and O–H groups in total. The number of nitrogens with zero attached hydrogens (tertiary/aromatic N) is 3. The van der Waals surface area contributed by atoms with Crippen LogP contribution in [-0.4, -0.2) is 58.1 Å². The summed E-state index contributed by atoms with van der Waals surface area (Å²) in [4.78, 5) is 18.5. The Morgan fingerprint density at radius 1 is 1.09 bits per heavy atom. The number of rotatable bonds is 7. The summed E-state index contributed by atoms with van der Waals surface area (Å²) < 4.78 is 0. The monoisotopic (exact) mass is 434 g/mol. The summed E-state index contributed by atoms with van der Waals surface area (Å²) in [6.07, 6.45) is 11.6. The van der Waals surface area contributed by atoms with E-state index < -0.39 is 0 Å². The Balaban J connectivity index is 1.18. The van der Waals surface area contributed by atoms with Gasteiger partial charge in [0.25, 0.3) is 5.91 Å². The molecule has 3 aliphatic rings. The van der Waals surface area contributed by atoms with E-state index in [-0.39, 0.29) is 5.91 Å². The van der Waals surface area contributed by atoms with Gasteiger partial charge in [-0.2, -0.15) is 5.10 Å². The predicted molar refractivity (Wildman–Crippen MR) is 128 cm³/mol. The molecule has 5 nitrogen and oxygen atoms in total. The third-order valence-electron chi connectivity index (χ3n) is 8.16. The number of H-pyrrole nitrogens is 1. The van der Waals surface area contributed by atoms with Crippen molar-refractivity contribution in [1.29, 1.82) is 0 Å². The number of fused-ring (bicyclic) bond motifs is 1. The van der Waals surface area contributed by atoms with Crippen LogP contribution in [0.1, 0.15) is 77.8 Å². The molecular weight excluding hydrogens is 396 g/mol. The van der Waals surface area contributed by atoms with Crippen molar-refractivity contribution in [1.82, 2.24) is 20.0 Å². The summed E-state index contributed by atoms with van der Waals surface area (Å²) in [6.45, 7) is 6.58. The average Bonchev–Trinajstić information content (AvgIpc) is 3.56. The van der Waals surface area contributed by atoms with E-state index in [2.05, 4.69) is 51.2 Å². The minimum atomic E-state index is 0.193. The number of hydrogen-bond donors (Lipinski definition) is 1.